The van der Waals surface area contributed by atoms with Crippen molar-refractivity contribution in [3.05, 3.63) is 76.8 Å². The van der Waals surface area contributed by atoms with Crippen LogP contribution in [0.1, 0.15) is 18.9 Å². The largest absolute Gasteiger partial charge is 0.342 e. The van der Waals surface area contributed by atoms with Gasteiger partial charge in [-0.05, 0) is 36.4 Å². The molecule has 0 bridgehead atoms. The number of imidazole rings is 1. The van der Waals surface area contributed by atoms with E-state index in [2.05, 4.69) is 10.3 Å². The molecule has 0 radical (unpaired) electrons. The van der Waals surface area contributed by atoms with Crippen LogP contribution in [-0.4, -0.2) is 33.9 Å². The molecule has 1 fully saturated rings. The molecule has 1 saturated heterocycles. The van der Waals surface area contributed by atoms with Gasteiger partial charge in [-0.3, -0.25) is 4.79 Å². The summed E-state index contributed by atoms with van der Waals surface area (Å²) in [7, 11) is 0. The Labute approximate surface area is 201 Å². The van der Waals surface area contributed by atoms with Gasteiger partial charge in [0.2, 0.25) is 11.7 Å². The van der Waals surface area contributed by atoms with Crippen LogP contribution in [-0.2, 0) is 26.6 Å². The molecule has 0 saturated carbocycles. The number of thioether (sulfide) groups is 1. The molecule has 2 atom stereocenters. The van der Waals surface area contributed by atoms with Crippen molar-refractivity contribution in [3.8, 4) is 0 Å². The highest BCUT2D eigenvalue weighted by Crippen LogP contribution is 2.41. The van der Waals surface area contributed by atoms with Gasteiger partial charge in [0.1, 0.15) is 0 Å². The summed E-state index contributed by atoms with van der Waals surface area (Å²) < 4.78 is 14.6. The van der Waals surface area contributed by atoms with Gasteiger partial charge in [0.25, 0.3) is 0 Å². The fourth-order valence-electron chi connectivity index (χ4n) is 3.45. The summed E-state index contributed by atoms with van der Waals surface area (Å²) in [6.07, 6.45) is 5.62. The van der Waals surface area contributed by atoms with Gasteiger partial charge >= 0.3 is 0 Å². The molecule has 0 aliphatic carbocycles. The second-order valence-electron chi connectivity index (χ2n) is 7.40. The van der Waals surface area contributed by atoms with E-state index in [0.29, 0.717) is 35.4 Å². The zero-order valence-corrected chi connectivity index (χ0v) is 19.8. The Morgan fingerprint density at radius 1 is 1.28 bits per heavy atom. The molecule has 1 aliphatic heterocycles. The number of amides is 1. The van der Waals surface area contributed by atoms with E-state index in [1.807, 2.05) is 48.0 Å². The first-order chi connectivity index (χ1) is 15.5. The number of carbonyl (C=O) groups excluding carboxylic acids is 1. The van der Waals surface area contributed by atoms with Gasteiger partial charge in [0, 0.05) is 45.7 Å². The number of benzene rings is 2. The standard InChI is InChI=1S/C23H23Cl2N3O3S/c1-2-22(29)27-17-4-6-19(7-5-17)32-13-18-12-30-23(31-18,14-28-10-9-26-15-28)20-8-3-16(24)11-21(20)25/h3-11,15,18H,2,12-14H2,1H3,(H,27,29). The van der Waals surface area contributed by atoms with E-state index in [0.717, 1.165) is 16.1 Å². The normalized spacial score (nSPS) is 20.4. The van der Waals surface area contributed by atoms with Gasteiger partial charge < -0.3 is 19.4 Å². The Balaban J connectivity index is 1.45. The first kappa shape index (κ1) is 23.1. The zero-order chi connectivity index (χ0) is 22.6. The third kappa shape index (κ3) is 5.47. The van der Waals surface area contributed by atoms with E-state index in [4.69, 9.17) is 32.7 Å². The van der Waals surface area contributed by atoms with Crippen LogP contribution >= 0.6 is 35.0 Å². The van der Waals surface area contributed by atoms with Gasteiger partial charge in [-0.15, -0.1) is 11.8 Å². The summed E-state index contributed by atoms with van der Waals surface area (Å²) in [5, 5.41) is 3.90. The molecule has 2 heterocycles. The molecule has 6 nitrogen and oxygen atoms in total. The first-order valence-corrected chi connectivity index (χ1v) is 12.0. The topological polar surface area (TPSA) is 65.4 Å². The van der Waals surface area contributed by atoms with Crippen molar-refractivity contribution in [1.29, 1.82) is 0 Å². The molecule has 0 spiro atoms. The Kier molecular flexibility index (Phi) is 7.43. The number of hydrogen-bond donors (Lipinski definition) is 1. The molecule has 2 unspecified atom stereocenters. The molecule has 3 aromatic rings. The van der Waals surface area contributed by atoms with Crippen LogP contribution in [0.3, 0.4) is 0 Å². The molecule has 9 heteroatoms. The van der Waals surface area contributed by atoms with Crippen molar-refractivity contribution in [2.75, 3.05) is 17.7 Å². The molecule has 32 heavy (non-hydrogen) atoms. The SMILES string of the molecule is CCC(=O)Nc1ccc(SCC2COC(Cn3ccnc3)(c3ccc(Cl)cc3Cl)O2)cc1. The molecular weight excluding hydrogens is 469 g/mol. The van der Waals surface area contributed by atoms with Gasteiger partial charge in [0.05, 0.1) is 30.6 Å². The van der Waals surface area contributed by atoms with Crippen molar-refractivity contribution < 1.29 is 14.3 Å². The highest BCUT2D eigenvalue weighted by Gasteiger charge is 2.45. The summed E-state index contributed by atoms with van der Waals surface area (Å²) in [4.78, 5) is 16.7. The Bertz CT molecular complexity index is 1060. The van der Waals surface area contributed by atoms with Gasteiger partial charge in [0.15, 0.2) is 0 Å². The van der Waals surface area contributed by atoms with Crippen LogP contribution in [0.15, 0.2) is 66.1 Å². The molecule has 1 aliphatic rings. The number of hydrogen-bond acceptors (Lipinski definition) is 5. The number of halogens is 2. The number of ether oxygens (including phenoxy) is 2. The fourth-order valence-corrected chi connectivity index (χ4v) is 4.87. The smallest absolute Gasteiger partial charge is 0.224 e. The second kappa shape index (κ2) is 10.3. The number of nitrogens with zero attached hydrogens (tertiary/aromatic N) is 2. The predicted molar refractivity (Wildman–Crippen MR) is 127 cm³/mol. The lowest BCUT2D eigenvalue weighted by molar-refractivity contribution is -0.184. The van der Waals surface area contributed by atoms with Gasteiger partial charge in [-0.1, -0.05) is 36.2 Å². The Morgan fingerprint density at radius 3 is 2.78 bits per heavy atom. The molecular formula is C23H23Cl2N3O3S. The summed E-state index contributed by atoms with van der Waals surface area (Å²) >= 11 is 14.3. The van der Waals surface area contributed by atoms with Crippen LogP contribution in [0, 0.1) is 0 Å². The predicted octanol–water partition coefficient (Wildman–Crippen LogP) is 5.60. The van der Waals surface area contributed by atoms with E-state index in [1.54, 1.807) is 36.4 Å². The maximum atomic E-state index is 11.5. The van der Waals surface area contributed by atoms with Gasteiger partial charge in [-0.2, -0.15) is 0 Å². The molecule has 1 aromatic heterocycles. The molecule has 1 N–H and O–H groups in total. The number of carbonyl (C=O) groups is 1. The maximum Gasteiger partial charge on any atom is 0.224 e. The number of aromatic nitrogens is 2. The lowest BCUT2D eigenvalue weighted by Gasteiger charge is -2.30. The van der Waals surface area contributed by atoms with E-state index >= 15 is 0 Å². The van der Waals surface area contributed by atoms with Crippen molar-refractivity contribution in [2.45, 2.75) is 36.7 Å². The minimum Gasteiger partial charge on any atom is -0.342 e. The first-order valence-electron chi connectivity index (χ1n) is 10.2. The second-order valence-corrected chi connectivity index (χ2v) is 9.34. The number of rotatable bonds is 8. The third-order valence-electron chi connectivity index (χ3n) is 5.05. The molecule has 168 valence electrons. The average molecular weight is 492 g/mol. The van der Waals surface area contributed by atoms with E-state index in [-0.39, 0.29) is 12.0 Å². The lowest BCUT2D eigenvalue weighted by atomic mass is 10.1. The lowest BCUT2D eigenvalue weighted by Crippen LogP contribution is -2.34. The van der Waals surface area contributed by atoms with Crippen molar-refractivity contribution in [2.24, 2.45) is 0 Å². The van der Waals surface area contributed by atoms with Crippen LogP contribution in [0.25, 0.3) is 0 Å². The monoisotopic (exact) mass is 491 g/mol. The summed E-state index contributed by atoms with van der Waals surface area (Å²) in [5.41, 5.74) is 1.53. The molecule has 4 rings (SSSR count). The summed E-state index contributed by atoms with van der Waals surface area (Å²) in [6.45, 7) is 2.68. The minimum absolute atomic E-state index is 0.00278. The maximum absolute atomic E-state index is 11.5. The highest BCUT2D eigenvalue weighted by atomic mass is 35.5. The van der Waals surface area contributed by atoms with Crippen molar-refractivity contribution >= 4 is 46.6 Å². The zero-order valence-electron chi connectivity index (χ0n) is 17.5. The molecule has 1 amide bonds. The van der Waals surface area contributed by atoms with Crippen LogP contribution in [0.5, 0.6) is 0 Å². The number of nitrogens with one attached hydrogen (secondary N) is 1. The van der Waals surface area contributed by atoms with E-state index in [9.17, 15) is 4.79 Å². The Hall–Kier alpha value is -2.03. The van der Waals surface area contributed by atoms with E-state index < -0.39 is 5.79 Å². The quantitative estimate of drug-likeness (QED) is 0.415. The van der Waals surface area contributed by atoms with Crippen LogP contribution in [0.4, 0.5) is 5.69 Å². The van der Waals surface area contributed by atoms with Crippen LogP contribution in [0.2, 0.25) is 10.0 Å². The average Bonchev–Trinajstić information content (AvgIpc) is 3.44. The van der Waals surface area contributed by atoms with Crippen molar-refractivity contribution in [3.63, 3.8) is 0 Å². The van der Waals surface area contributed by atoms with Gasteiger partial charge in [-0.25, -0.2) is 4.98 Å². The Morgan fingerprint density at radius 2 is 2.09 bits per heavy atom. The van der Waals surface area contributed by atoms with Crippen molar-refractivity contribution in [1.82, 2.24) is 9.55 Å². The summed E-state index contributed by atoms with van der Waals surface area (Å²) in [5.74, 6) is -0.323. The summed E-state index contributed by atoms with van der Waals surface area (Å²) in [6, 6.07) is 13.1. The van der Waals surface area contributed by atoms with Crippen LogP contribution < -0.4 is 5.32 Å². The third-order valence-corrected chi connectivity index (χ3v) is 6.74. The fraction of sp³-hybridized carbons (Fsp3) is 0.304. The molecule has 2 aromatic carbocycles. The van der Waals surface area contributed by atoms with E-state index in [1.165, 1.54) is 0 Å². The number of anilines is 1. The highest BCUT2D eigenvalue weighted by molar-refractivity contribution is 7.99. The minimum atomic E-state index is -1.03.